The number of rotatable bonds is 2. The second-order valence-electron chi connectivity index (χ2n) is 2.86. The van der Waals surface area contributed by atoms with Gasteiger partial charge in [-0.15, -0.1) is 0 Å². The van der Waals surface area contributed by atoms with Crippen LogP contribution in [0.5, 0.6) is 0 Å². The first kappa shape index (κ1) is 10.7. The Kier molecular flexibility index (Phi) is 2.65. The lowest BCUT2D eigenvalue weighted by Gasteiger charge is -2.00. The molecule has 2 rings (SSSR count). The third-order valence-electron chi connectivity index (χ3n) is 1.79. The molecule has 82 valence electrons. The molecule has 0 aliphatic heterocycles. The van der Waals surface area contributed by atoms with Crippen LogP contribution in [-0.4, -0.2) is 19.7 Å². The molecule has 0 spiro atoms. The second kappa shape index (κ2) is 3.97. The van der Waals surface area contributed by atoms with E-state index in [1.54, 1.807) is 0 Å². The Balaban J connectivity index is 2.46. The molecule has 0 unspecified atom stereocenters. The van der Waals surface area contributed by atoms with Crippen LogP contribution in [0.25, 0.3) is 5.82 Å². The largest absolute Gasteiger partial charge is 0.307 e. The maximum Gasteiger partial charge on any atom is 0.307 e. The molecular weight excluding hydrogens is 283 g/mol. The molecule has 0 saturated heterocycles. The first-order valence-electron chi connectivity index (χ1n) is 4.08. The molecule has 2 aromatic rings. The number of hydrogen-bond acceptors (Lipinski definition) is 4. The van der Waals surface area contributed by atoms with Crippen molar-refractivity contribution < 1.29 is 9.31 Å². The van der Waals surface area contributed by atoms with Crippen LogP contribution in [0.3, 0.4) is 0 Å². The monoisotopic (exact) mass is 286 g/mol. The average molecular weight is 287 g/mol. The van der Waals surface area contributed by atoms with E-state index in [4.69, 9.17) is 0 Å². The first-order valence-corrected chi connectivity index (χ1v) is 4.87. The van der Waals surface area contributed by atoms with E-state index in [9.17, 15) is 14.5 Å². The fourth-order valence-corrected chi connectivity index (χ4v) is 1.40. The smallest absolute Gasteiger partial charge is 0.258 e. The van der Waals surface area contributed by atoms with Gasteiger partial charge in [-0.2, -0.15) is 5.10 Å². The summed E-state index contributed by atoms with van der Waals surface area (Å²) >= 11 is 3.06. The summed E-state index contributed by atoms with van der Waals surface area (Å²) < 4.78 is 14.9. The van der Waals surface area contributed by atoms with Gasteiger partial charge in [-0.1, -0.05) is 0 Å². The van der Waals surface area contributed by atoms with Gasteiger partial charge in [0, 0.05) is 10.7 Å². The Hall–Kier alpha value is -1.83. The molecule has 0 N–H and O–H groups in total. The molecule has 2 heterocycles. The number of halogens is 2. The zero-order chi connectivity index (χ0) is 11.7. The Morgan fingerprint density at radius 2 is 2.25 bits per heavy atom. The lowest BCUT2D eigenvalue weighted by Crippen LogP contribution is -2.01. The highest BCUT2D eigenvalue weighted by Crippen LogP contribution is 2.17. The van der Waals surface area contributed by atoms with Gasteiger partial charge in [-0.25, -0.2) is 14.1 Å². The van der Waals surface area contributed by atoms with E-state index >= 15 is 0 Å². The SMILES string of the molecule is O=[N+]([O-])c1cnn(-c2ncc(Br)cc2F)c1. The summed E-state index contributed by atoms with van der Waals surface area (Å²) in [7, 11) is 0. The van der Waals surface area contributed by atoms with Crippen molar-refractivity contribution in [2.24, 2.45) is 0 Å². The number of hydrogen-bond donors (Lipinski definition) is 0. The van der Waals surface area contributed by atoms with Crippen LogP contribution in [-0.2, 0) is 0 Å². The lowest BCUT2D eigenvalue weighted by atomic mass is 10.4. The van der Waals surface area contributed by atoms with Crippen LogP contribution in [0.4, 0.5) is 10.1 Å². The van der Waals surface area contributed by atoms with Gasteiger partial charge in [-0.3, -0.25) is 10.1 Å². The third kappa shape index (κ3) is 1.91. The maximum atomic E-state index is 13.4. The highest BCUT2D eigenvalue weighted by Gasteiger charge is 2.13. The second-order valence-corrected chi connectivity index (χ2v) is 3.77. The molecule has 8 heteroatoms. The van der Waals surface area contributed by atoms with Gasteiger partial charge in [0.2, 0.25) is 0 Å². The highest BCUT2D eigenvalue weighted by molar-refractivity contribution is 9.10. The molecule has 0 saturated carbocycles. The van der Waals surface area contributed by atoms with Crippen molar-refractivity contribution >= 4 is 21.6 Å². The van der Waals surface area contributed by atoms with Crippen molar-refractivity contribution in [2.75, 3.05) is 0 Å². The molecule has 16 heavy (non-hydrogen) atoms. The zero-order valence-electron chi connectivity index (χ0n) is 7.67. The van der Waals surface area contributed by atoms with Crippen molar-refractivity contribution in [2.45, 2.75) is 0 Å². The van der Waals surface area contributed by atoms with Gasteiger partial charge in [0.1, 0.15) is 12.4 Å². The van der Waals surface area contributed by atoms with Crippen LogP contribution in [0.15, 0.2) is 29.1 Å². The lowest BCUT2D eigenvalue weighted by molar-refractivity contribution is -0.384. The third-order valence-corrected chi connectivity index (χ3v) is 2.22. The molecule has 0 aromatic carbocycles. The summed E-state index contributed by atoms with van der Waals surface area (Å²) in [6.45, 7) is 0. The van der Waals surface area contributed by atoms with Crippen LogP contribution < -0.4 is 0 Å². The molecule has 0 aliphatic rings. The highest BCUT2D eigenvalue weighted by atomic mass is 79.9. The van der Waals surface area contributed by atoms with E-state index in [1.165, 1.54) is 12.3 Å². The minimum Gasteiger partial charge on any atom is -0.258 e. The molecule has 0 amide bonds. The average Bonchev–Trinajstić information content (AvgIpc) is 2.66. The van der Waals surface area contributed by atoms with Gasteiger partial charge < -0.3 is 0 Å². The van der Waals surface area contributed by atoms with Gasteiger partial charge >= 0.3 is 5.69 Å². The molecule has 0 aliphatic carbocycles. The van der Waals surface area contributed by atoms with E-state index in [0.29, 0.717) is 4.47 Å². The summed E-state index contributed by atoms with van der Waals surface area (Å²) in [4.78, 5) is 13.6. The normalized spacial score (nSPS) is 10.4. The zero-order valence-corrected chi connectivity index (χ0v) is 9.26. The molecule has 0 bridgehead atoms. The van der Waals surface area contributed by atoms with Gasteiger partial charge in [0.15, 0.2) is 11.6 Å². The Bertz CT molecular complexity index is 557. The number of nitrogens with zero attached hydrogens (tertiary/aromatic N) is 4. The summed E-state index contributed by atoms with van der Waals surface area (Å²) in [5, 5.41) is 14.1. The topological polar surface area (TPSA) is 73.8 Å². The predicted molar refractivity (Wildman–Crippen MR) is 55.7 cm³/mol. The predicted octanol–water partition coefficient (Wildman–Crippen LogP) is 2.08. The molecule has 6 nitrogen and oxygen atoms in total. The van der Waals surface area contributed by atoms with Gasteiger partial charge in [0.05, 0.1) is 4.92 Å². The Labute approximate surface area is 97.0 Å². The van der Waals surface area contributed by atoms with Crippen molar-refractivity contribution in [1.82, 2.24) is 14.8 Å². The van der Waals surface area contributed by atoms with E-state index in [-0.39, 0.29) is 11.5 Å². The quantitative estimate of drug-likeness (QED) is 0.626. The first-order chi connectivity index (χ1) is 7.58. The van der Waals surface area contributed by atoms with Crippen molar-refractivity contribution in [1.29, 1.82) is 0 Å². The summed E-state index contributed by atoms with van der Waals surface area (Å²) in [5.41, 5.74) is -0.218. The standard InChI is InChI=1S/C8H4BrFN4O2/c9-5-1-7(10)8(11-2-5)13-4-6(3-12-13)14(15)16/h1-4H. The van der Waals surface area contributed by atoms with Crippen LogP contribution in [0.2, 0.25) is 0 Å². The van der Waals surface area contributed by atoms with Crippen LogP contribution in [0.1, 0.15) is 0 Å². The van der Waals surface area contributed by atoms with E-state index < -0.39 is 10.7 Å². The number of pyridine rings is 1. The number of aromatic nitrogens is 3. The van der Waals surface area contributed by atoms with E-state index in [2.05, 4.69) is 26.0 Å². The summed E-state index contributed by atoms with van der Waals surface area (Å²) in [6.07, 6.45) is 3.51. The number of nitro groups is 1. The molecule has 0 atom stereocenters. The minimum atomic E-state index is -0.618. The summed E-state index contributed by atoms with van der Waals surface area (Å²) in [5.74, 6) is -0.705. The molecule has 0 fully saturated rings. The fourth-order valence-electron chi connectivity index (χ4n) is 1.10. The van der Waals surface area contributed by atoms with Gasteiger partial charge in [-0.05, 0) is 22.0 Å². The van der Waals surface area contributed by atoms with Crippen molar-refractivity contribution in [3.05, 3.63) is 45.1 Å². The van der Waals surface area contributed by atoms with Gasteiger partial charge in [0.25, 0.3) is 0 Å². The Morgan fingerprint density at radius 1 is 1.50 bits per heavy atom. The maximum absolute atomic E-state index is 13.4. The van der Waals surface area contributed by atoms with E-state index in [0.717, 1.165) is 17.1 Å². The fraction of sp³-hybridized carbons (Fsp3) is 0. The Morgan fingerprint density at radius 3 is 2.81 bits per heavy atom. The van der Waals surface area contributed by atoms with Crippen molar-refractivity contribution in [3.8, 4) is 5.82 Å². The van der Waals surface area contributed by atoms with Crippen molar-refractivity contribution in [3.63, 3.8) is 0 Å². The molecule has 2 aromatic heterocycles. The molecular formula is C8H4BrFN4O2. The van der Waals surface area contributed by atoms with Crippen LogP contribution in [0, 0.1) is 15.9 Å². The summed E-state index contributed by atoms with van der Waals surface area (Å²) in [6, 6.07) is 1.20. The molecule has 0 radical (unpaired) electrons. The van der Waals surface area contributed by atoms with E-state index in [1.807, 2.05) is 0 Å². The van der Waals surface area contributed by atoms with Crippen LogP contribution >= 0.6 is 15.9 Å². The minimum absolute atomic E-state index is 0.0868.